The minimum absolute atomic E-state index is 0.0712. The van der Waals surface area contributed by atoms with E-state index in [4.69, 9.17) is 10.5 Å². The highest BCUT2D eigenvalue weighted by atomic mass is 32.2. The highest BCUT2D eigenvalue weighted by molar-refractivity contribution is 7.85. The van der Waals surface area contributed by atoms with Crippen LogP contribution in [0.1, 0.15) is 30.4 Å². The molecule has 0 aliphatic heterocycles. The van der Waals surface area contributed by atoms with Crippen LogP contribution in [0.5, 0.6) is 0 Å². The topological polar surface area (TPSA) is 156 Å². The number of benzene rings is 2. The summed E-state index contributed by atoms with van der Waals surface area (Å²) in [5, 5.41) is 12.7. The fourth-order valence-corrected chi connectivity index (χ4v) is 3.48. The number of carboxylic acid groups (broad SMARTS) is 1. The maximum atomic E-state index is 13.0. The van der Waals surface area contributed by atoms with Crippen LogP contribution in [0.2, 0.25) is 0 Å². The lowest BCUT2D eigenvalue weighted by Gasteiger charge is -2.30. The molecule has 0 amide bonds. The van der Waals surface area contributed by atoms with Crippen molar-refractivity contribution < 1.29 is 32.4 Å². The molecule has 0 saturated heterocycles. The fourth-order valence-electron chi connectivity index (χ4n) is 2.97. The molecule has 168 valence electrons. The lowest BCUT2D eigenvalue weighted by atomic mass is 9.91. The molecule has 0 radical (unpaired) electrons. The molecular weight excluding hydrogens is 424 g/mol. The zero-order valence-electron chi connectivity index (χ0n) is 17.1. The van der Waals surface area contributed by atoms with Gasteiger partial charge < -0.3 is 20.9 Å². The van der Waals surface area contributed by atoms with Gasteiger partial charge in [-0.1, -0.05) is 36.4 Å². The predicted molar refractivity (Wildman–Crippen MR) is 114 cm³/mol. The van der Waals surface area contributed by atoms with Crippen LogP contribution in [0, 0.1) is 6.92 Å². The van der Waals surface area contributed by atoms with Crippen molar-refractivity contribution >= 4 is 27.7 Å². The Kier molecular flexibility index (Phi) is 8.14. The number of rotatable bonds is 11. The third-order valence-electron chi connectivity index (χ3n) is 4.79. The summed E-state index contributed by atoms with van der Waals surface area (Å²) in [4.78, 5) is 24.9. The number of carbonyl (C=O) groups is 2. The number of nitrogens with two attached hydrogens (primary N) is 1. The van der Waals surface area contributed by atoms with E-state index in [0.717, 1.165) is 6.07 Å². The Labute approximate surface area is 181 Å². The highest BCUT2D eigenvalue weighted by Crippen LogP contribution is 2.28. The molecule has 0 aliphatic carbocycles. The van der Waals surface area contributed by atoms with Crippen molar-refractivity contribution in [2.75, 3.05) is 11.9 Å². The van der Waals surface area contributed by atoms with Crippen LogP contribution in [0.25, 0.3) is 0 Å². The standard InChI is InChI=1S/C21H26N2O7S/c1-15-9-10-17(31(27,28)29)13-18(15)23-21(19(24)25,11-5-6-12-22)20(26)30-14-16-7-3-2-4-8-16/h2-4,7-10,13,23H,5-6,11-12,14,22H2,1H3,(H,24,25)(H,27,28,29)/t21-/m1/s1. The third-order valence-corrected chi connectivity index (χ3v) is 5.64. The molecule has 10 heteroatoms. The molecule has 5 N–H and O–H groups in total. The van der Waals surface area contributed by atoms with Crippen LogP contribution in [0.15, 0.2) is 53.4 Å². The molecule has 2 rings (SSSR count). The molecule has 0 bridgehead atoms. The number of aliphatic carboxylic acids is 1. The molecule has 2 aromatic rings. The number of carbonyl (C=O) groups excluding carboxylic acids is 1. The van der Waals surface area contributed by atoms with Crippen LogP contribution in [0.3, 0.4) is 0 Å². The van der Waals surface area contributed by atoms with Gasteiger partial charge in [-0.3, -0.25) is 4.55 Å². The van der Waals surface area contributed by atoms with Gasteiger partial charge in [0.2, 0.25) is 5.54 Å². The Morgan fingerprint density at radius 3 is 2.39 bits per heavy atom. The second kappa shape index (κ2) is 10.4. The quantitative estimate of drug-likeness (QED) is 0.175. The van der Waals surface area contributed by atoms with Crippen molar-refractivity contribution in [1.82, 2.24) is 0 Å². The first-order chi connectivity index (χ1) is 14.6. The van der Waals surface area contributed by atoms with Crippen molar-refractivity contribution in [1.29, 1.82) is 0 Å². The van der Waals surface area contributed by atoms with Crippen molar-refractivity contribution in [2.24, 2.45) is 5.73 Å². The number of aryl methyl sites for hydroxylation is 1. The third kappa shape index (κ3) is 6.27. The average Bonchev–Trinajstić information content (AvgIpc) is 2.72. The summed E-state index contributed by atoms with van der Waals surface area (Å²) in [6.45, 7) is 1.79. The number of carboxylic acids is 1. The summed E-state index contributed by atoms with van der Waals surface area (Å²) in [7, 11) is -4.53. The second-order valence-electron chi connectivity index (χ2n) is 7.09. The molecule has 0 heterocycles. The van der Waals surface area contributed by atoms with Crippen molar-refractivity contribution in [3.63, 3.8) is 0 Å². The van der Waals surface area contributed by atoms with Crippen LogP contribution >= 0.6 is 0 Å². The Morgan fingerprint density at radius 1 is 1.13 bits per heavy atom. The van der Waals surface area contributed by atoms with E-state index in [1.165, 1.54) is 12.1 Å². The number of hydrogen-bond donors (Lipinski definition) is 4. The first-order valence-corrected chi connectivity index (χ1v) is 11.0. The summed E-state index contributed by atoms with van der Waals surface area (Å²) < 4.78 is 37.7. The van der Waals surface area contributed by atoms with Crippen molar-refractivity contribution in [2.45, 2.75) is 43.2 Å². The zero-order valence-corrected chi connectivity index (χ0v) is 17.9. The molecule has 0 spiro atoms. The van der Waals surface area contributed by atoms with Gasteiger partial charge in [-0.05, 0) is 56.0 Å². The molecule has 1 atom stereocenters. The van der Waals surface area contributed by atoms with Gasteiger partial charge in [0.15, 0.2) is 0 Å². The van der Waals surface area contributed by atoms with Gasteiger partial charge in [-0.15, -0.1) is 0 Å². The lowest BCUT2D eigenvalue weighted by Crippen LogP contribution is -2.54. The molecular formula is C21H26N2O7S. The summed E-state index contributed by atoms with van der Waals surface area (Å²) in [6.07, 6.45) is 0.655. The molecule has 0 aliphatic rings. The summed E-state index contributed by atoms with van der Waals surface area (Å²) in [5.74, 6) is -2.49. The molecule has 9 nitrogen and oxygen atoms in total. The van der Waals surface area contributed by atoms with E-state index in [1.54, 1.807) is 37.3 Å². The summed E-state index contributed by atoms with van der Waals surface area (Å²) in [6, 6.07) is 12.4. The lowest BCUT2D eigenvalue weighted by molar-refractivity contribution is -0.161. The minimum Gasteiger partial charge on any atom is -0.479 e. The van der Waals surface area contributed by atoms with Crippen LogP contribution in [-0.2, 0) is 31.1 Å². The normalized spacial score (nSPS) is 13.3. The number of anilines is 1. The number of esters is 1. The number of unbranched alkanes of at least 4 members (excludes halogenated alkanes) is 1. The SMILES string of the molecule is Cc1ccc(S(=O)(=O)O)cc1N[C@](CCCCN)(C(=O)O)C(=O)OCc1ccccc1. The smallest absolute Gasteiger partial charge is 0.343 e. The fraction of sp³-hybridized carbons (Fsp3) is 0.333. The van der Waals surface area contributed by atoms with E-state index in [-0.39, 0.29) is 18.7 Å². The number of hydrogen-bond acceptors (Lipinski definition) is 7. The maximum Gasteiger partial charge on any atom is 0.343 e. The van der Waals surface area contributed by atoms with Crippen LogP contribution in [-0.4, -0.2) is 42.1 Å². The van der Waals surface area contributed by atoms with E-state index in [1.807, 2.05) is 0 Å². The van der Waals surface area contributed by atoms with Gasteiger partial charge in [-0.25, -0.2) is 9.59 Å². The highest BCUT2D eigenvalue weighted by Gasteiger charge is 2.48. The van der Waals surface area contributed by atoms with Crippen LogP contribution < -0.4 is 11.1 Å². The van der Waals surface area contributed by atoms with Crippen molar-refractivity contribution in [3.8, 4) is 0 Å². The van der Waals surface area contributed by atoms with Gasteiger partial charge in [0.05, 0.1) is 4.90 Å². The van der Waals surface area contributed by atoms with Gasteiger partial charge in [0.25, 0.3) is 10.1 Å². The zero-order chi connectivity index (χ0) is 23.1. The molecule has 0 fully saturated rings. The van der Waals surface area contributed by atoms with Crippen molar-refractivity contribution in [3.05, 3.63) is 59.7 Å². The first kappa shape index (κ1) is 24.3. The largest absolute Gasteiger partial charge is 0.479 e. The van der Waals surface area contributed by atoms with E-state index in [0.29, 0.717) is 30.5 Å². The van der Waals surface area contributed by atoms with E-state index in [2.05, 4.69) is 5.32 Å². The number of ether oxygens (including phenoxy) is 1. The molecule has 2 aromatic carbocycles. The van der Waals surface area contributed by atoms with Gasteiger partial charge in [0.1, 0.15) is 6.61 Å². The van der Waals surface area contributed by atoms with Gasteiger partial charge in [0, 0.05) is 5.69 Å². The first-order valence-electron chi connectivity index (χ1n) is 9.61. The Balaban J connectivity index is 2.41. The van der Waals surface area contributed by atoms with Crippen LogP contribution in [0.4, 0.5) is 5.69 Å². The molecule has 0 aromatic heterocycles. The number of nitrogens with one attached hydrogen (secondary N) is 1. The molecule has 31 heavy (non-hydrogen) atoms. The Bertz CT molecular complexity index is 1030. The summed E-state index contributed by atoms with van der Waals surface area (Å²) in [5.41, 5.74) is 4.57. The van der Waals surface area contributed by atoms with E-state index < -0.39 is 32.5 Å². The molecule has 0 saturated carbocycles. The Hall–Kier alpha value is -2.95. The minimum atomic E-state index is -4.53. The predicted octanol–water partition coefficient (Wildman–Crippen LogP) is 2.35. The van der Waals surface area contributed by atoms with Gasteiger partial charge >= 0.3 is 11.9 Å². The average molecular weight is 451 g/mol. The van der Waals surface area contributed by atoms with Gasteiger partial charge in [-0.2, -0.15) is 8.42 Å². The second-order valence-corrected chi connectivity index (χ2v) is 8.52. The summed E-state index contributed by atoms with van der Waals surface area (Å²) >= 11 is 0. The van der Waals surface area contributed by atoms with E-state index >= 15 is 0 Å². The maximum absolute atomic E-state index is 13.0. The monoisotopic (exact) mass is 450 g/mol. The van der Waals surface area contributed by atoms with E-state index in [9.17, 15) is 27.7 Å². The molecule has 0 unspecified atom stereocenters. The Morgan fingerprint density at radius 2 is 1.81 bits per heavy atom.